The molecule has 0 aliphatic rings. The molecule has 0 unspecified atom stereocenters. The number of rotatable bonds is 5. The topological polar surface area (TPSA) is 62.7 Å². The molecule has 0 saturated heterocycles. The Labute approximate surface area is 122 Å². The maximum Gasteiger partial charge on any atom is 0.241 e. The molecule has 0 aliphatic heterocycles. The van der Waals surface area contributed by atoms with Gasteiger partial charge in [-0.2, -0.15) is 0 Å². The summed E-state index contributed by atoms with van der Waals surface area (Å²) in [5, 5.41) is 3.94. The molecular formula is C12H15N3O2S2. The third kappa shape index (κ3) is 6.78. The van der Waals surface area contributed by atoms with E-state index >= 15 is 0 Å². The molecule has 102 valence electrons. The second kappa shape index (κ2) is 8.49. The number of oxime groups is 1. The lowest BCUT2D eigenvalue weighted by molar-refractivity contribution is -0.122. The van der Waals surface area contributed by atoms with Crippen LogP contribution in [0.25, 0.3) is 0 Å². The van der Waals surface area contributed by atoms with Crippen molar-refractivity contribution < 1.29 is 9.63 Å². The van der Waals surface area contributed by atoms with Gasteiger partial charge in [0.15, 0.2) is 0 Å². The summed E-state index contributed by atoms with van der Waals surface area (Å²) in [6.07, 6.45) is 0.176. The van der Waals surface area contributed by atoms with Gasteiger partial charge in [0.05, 0.1) is 12.1 Å². The Morgan fingerprint density at radius 3 is 2.68 bits per heavy atom. The number of carbonyl (C=O) groups excluding carboxylic acids is 1. The molecule has 0 heterocycles. The first-order chi connectivity index (χ1) is 9.09. The lowest BCUT2D eigenvalue weighted by atomic mass is 10.1. The van der Waals surface area contributed by atoms with Crippen LogP contribution in [0.15, 0.2) is 35.5 Å². The van der Waals surface area contributed by atoms with Crippen LogP contribution in [0.2, 0.25) is 0 Å². The zero-order valence-electron chi connectivity index (χ0n) is 10.4. The number of benzene rings is 1. The highest BCUT2D eigenvalue weighted by Gasteiger charge is 2.01. The summed E-state index contributed by atoms with van der Waals surface area (Å²) in [4.78, 5) is 16.3. The lowest BCUT2D eigenvalue weighted by Crippen LogP contribution is -2.39. The highest BCUT2D eigenvalue weighted by Crippen LogP contribution is 2.01. The first-order valence-corrected chi connectivity index (χ1v) is 6.45. The molecule has 0 fully saturated rings. The smallest absolute Gasteiger partial charge is 0.241 e. The number of hydrogen-bond donors (Lipinski definition) is 3. The molecular weight excluding hydrogens is 282 g/mol. The maximum absolute atomic E-state index is 11.3. The summed E-state index contributed by atoms with van der Waals surface area (Å²) in [5.41, 5.74) is 6.53. The Morgan fingerprint density at radius 1 is 1.37 bits per heavy atom. The van der Waals surface area contributed by atoms with E-state index in [-0.39, 0.29) is 23.3 Å². The van der Waals surface area contributed by atoms with Crippen molar-refractivity contribution >= 4 is 40.8 Å². The molecule has 0 radical (unpaired) electrons. The number of amides is 1. The number of thiol groups is 1. The second-order valence-electron chi connectivity index (χ2n) is 3.60. The standard InChI is InChI=1S/C12H15N3O2S2/c1-9(10-5-3-2-4-6-10)15-17-8-7-11(16)13-14-12(18)19/h2-6H,7-8H2,1H3,(H,13,16)(H2,14,18,19)/b15-9+. The zero-order chi connectivity index (χ0) is 14.1. The number of hydrazine groups is 1. The van der Waals surface area contributed by atoms with Gasteiger partial charge in [-0.25, -0.2) is 0 Å². The predicted molar refractivity (Wildman–Crippen MR) is 82.1 cm³/mol. The third-order valence-corrected chi connectivity index (χ3v) is 2.34. The Kier molecular flexibility index (Phi) is 6.91. The minimum Gasteiger partial charge on any atom is -0.395 e. The van der Waals surface area contributed by atoms with Crippen molar-refractivity contribution in [1.29, 1.82) is 0 Å². The summed E-state index contributed by atoms with van der Waals surface area (Å²) >= 11 is 8.42. The monoisotopic (exact) mass is 297 g/mol. The molecule has 0 spiro atoms. The average molecular weight is 297 g/mol. The highest BCUT2D eigenvalue weighted by molar-refractivity contribution is 8.11. The van der Waals surface area contributed by atoms with Crippen molar-refractivity contribution in [1.82, 2.24) is 10.9 Å². The van der Waals surface area contributed by atoms with Gasteiger partial charge in [0.2, 0.25) is 5.91 Å². The van der Waals surface area contributed by atoms with E-state index in [4.69, 9.17) is 4.84 Å². The third-order valence-electron chi connectivity index (χ3n) is 2.12. The molecule has 0 bridgehead atoms. The summed E-state index contributed by atoms with van der Waals surface area (Å²) in [6, 6.07) is 9.65. The molecule has 0 saturated carbocycles. The van der Waals surface area contributed by atoms with E-state index in [1.165, 1.54) is 0 Å². The molecule has 0 atom stereocenters. The fraction of sp³-hybridized carbons (Fsp3) is 0.250. The van der Waals surface area contributed by atoms with Crippen LogP contribution >= 0.6 is 24.8 Å². The molecule has 19 heavy (non-hydrogen) atoms. The minimum absolute atomic E-state index is 0.176. The number of hydrogen-bond acceptors (Lipinski definition) is 4. The lowest BCUT2D eigenvalue weighted by Gasteiger charge is -2.05. The number of thiocarbonyl (C=S) groups is 1. The van der Waals surface area contributed by atoms with Crippen LogP contribution in [0.1, 0.15) is 18.9 Å². The second-order valence-corrected chi connectivity index (χ2v) is 4.76. The molecule has 1 rings (SSSR count). The van der Waals surface area contributed by atoms with Gasteiger partial charge in [-0.3, -0.25) is 15.6 Å². The van der Waals surface area contributed by atoms with Crippen molar-refractivity contribution in [3.8, 4) is 0 Å². The van der Waals surface area contributed by atoms with E-state index in [2.05, 4.69) is 40.9 Å². The van der Waals surface area contributed by atoms with Crippen molar-refractivity contribution in [2.24, 2.45) is 5.16 Å². The SMILES string of the molecule is C/C(=N\OCCC(=O)NNC(=S)S)c1ccccc1. The van der Waals surface area contributed by atoms with Crippen LogP contribution in [0.3, 0.4) is 0 Å². The minimum atomic E-state index is -0.246. The molecule has 7 heteroatoms. The van der Waals surface area contributed by atoms with Gasteiger partial charge in [0, 0.05) is 0 Å². The normalized spacial score (nSPS) is 10.7. The van der Waals surface area contributed by atoms with Crippen LogP contribution < -0.4 is 10.9 Å². The molecule has 0 aromatic heterocycles. The largest absolute Gasteiger partial charge is 0.395 e. The van der Waals surface area contributed by atoms with Gasteiger partial charge in [-0.15, -0.1) is 12.6 Å². The first kappa shape index (κ1) is 15.5. The fourth-order valence-corrected chi connectivity index (χ4v) is 1.31. The first-order valence-electron chi connectivity index (χ1n) is 5.59. The Balaban J connectivity index is 2.26. The van der Waals surface area contributed by atoms with Crippen molar-refractivity contribution in [3.63, 3.8) is 0 Å². The molecule has 0 aliphatic carbocycles. The van der Waals surface area contributed by atoms with E-state index in [0.717, 1.165) is 11.3 Å². The average Bonchev–Trinajstić information content (AvgIpc) is 2.42. The van der Waals surface area contributed by atoms with Crippen molar-refractivity contribution in [3.05, 3.63) is 35.9 Å². The van der Waals surface area contributed by atoms with Crippen molar-refractivity contribution in [2.45, 2.75) is 13.3 Å². The van der Waals surface area contributed by atoms with Gasteiger partial charge >= 0.3 is 0 Å². The number of nitrogens with zero attached hydrogens (tertiary/aromatic N) is 1. The number of carbonyl (C=O) groups is 1. The van der Waals surface area contributed by atoms with E-state index in [9.17, 15) is 4.79 Å². The Bertz CT molecular complexity index is 463. The van der Waals surface area contributed by atoms with E-state index in [1.807, 2.05) is 37.3 Å². The summed E-state index contributed by atoms with van der Waals surface area (Å²) in [7, 11) is 0. The molecule has 2 N–H and O–H groups in total. The fourth-order valence-electron chi connectivity index (χ4n) is 1.20. The van der Waals surface area contributed by atoms with Gasteiger partial charge in [0.1, 0.15) is 10.9 Å². The van der Waals surface area contributed by atoms with Crippen LogP contribution in [0.5, 0.6) is 0 Å². The van der Waals surface area contributed by atoms with Crippen LogP contribution in [0.4, 0.5) is 0 Å². The summed E-state index contributed by atoms with van der Waals surface area (Å²) in [6.45, 7) is 2.04. The van der Waals surface area contributed by atoms with Crippen LogP contribution in [-0.4, -0.2) is 22.5 Å². The predicted octanol–water partition coefficient (Wildman–Crippen LogP) is 1.65. The van der Waals surface area contributed by atoms with E-state index in [0.29, 0.717) is 0 Å². The van der Waals surface area contributed by atoms with Gasteiger partial charge in [-0.05, 0) is 12.5 Å². The van der Waals surface area contributed by atoms with E-state index < -0.39 is 0 Å². The van der Waals surface area contributed by atoms with Gasteiger partial charge in [-0.1, -0.05) is 47.7 Å². The van der Waals surface area contributed by atoms with Crippen LogP contribution in [-0.2, 0) is 9.63 Å². The van der Waals surface area contributed by atoms with Gasteiger partial charge in [0.25, 0.3) is 0 Å². The molecule has 1 amide bonds. The Morgan fingerprint density at radius 2 is 2.05 bits per heavy atom. The number of nitrogens with one attached hydrogen (secondary N) is 2. The molecule has 1 aromatic carbocycles. The quantitative estimate of drug-likeness (QED) is 0.254. The molecule has 1 aromatic rings. The van der Waals surface area contributed by atoms with Crippen LogP contribution in [0, 0.1) is 0 Å². The maximum atomic E-state index is 11.3. The highest BCUT2D eigenvalue weighted by atomic mass is 32.1. The van der Waals surface area contributed by atoms with Crippen molar-refractivity contribution in [2.75, 3.05) is 6.61 Å². The molecule has 5 nitrogen and oxygen atoms in total. The van der Waals surface area contributed by atoms with E-state index in [1.54, 1.807) is 0 Å². The summed E-state index contributed by atoms with van der Waals surface area (Å²) in [5.74, 6) is -0.246. The van der Waals surface area contributed by atoms with Gasteiger partial charge < -0.3 is 4.84 Å². The Hall–Kier alpha value is -1.60. The summed E-state index contributed by atoms with van der Waals surface area (Å²) < 4.78 is 0.201. The zero-order valence-corrected chi connectivity index (χ0v) is 12.1.